The van der Waals surface area contributed by atoms with Gasteiger partial charge in [0.2, 0.25) is 0 Å². The normalized spacial score (nSPS) is 11.0. The smallest absolute Gasteiger partial charge is 0.250 e. The number of aliphatic imine (C=N–C) groups is 1. The molecule has 0 aliphatic heterocycles. The summed E-state index contributed by atoms with van der Waals surface area (Å²) in [6, 6.07) is 13.8. The van der Waals surface area contributed by atoms with Gasteiger partial charge in [0.15, 0.2) is 5.96 Å². The maximum Gasteiger partial charge on any atom is 0.250 e. The second kappa shape index (κ2) is 12.5. The number of pyridine rings is 1. The van der Waals surface area contributed by atoms with E-state index < -0.39 is 0 Å². The Hall–Kier alpha value is -1.83. The number of hydrogen-bond donors (Lipinski definition) is 2. The van der Waals surface area contributed by atoms with Gasteiger partial charge in [-0.1, -0.05) is 35.9 Å². The number of rotatable bonds is 8. The molecule has 1 aromatic heterocycles. The van der Waals surface area contributed by atoms with Crippen molar-refractivity contribution in [2.45, 2.75) is 46.7 Å². The molecule has 2 rings (SSSR count). The highest BCUT2D eigenvalue weighted by Crippen LogP contribution is 2.04. The predicted molar refractivity (Wildman–Crippen MR) is 124 cm³/mol. The lowest BCUT2D eigenvalue weighted by Gasteiger charge is -2.12. The molecule has 0 unspecified atom stereocenters. The molecule has 0 saturated carbocycles. The minimum absolute atomic E-state index is 0. The summed E-state index contributed by atoms with van der Waals surface area (Å²) >= 11 is 0. The number of benzene rings is 1. The van der Waals surface area contributed by atoms with Crippen molar-refractivity contribution >= 4 is 29.9 Å². The van der Waals surface area contributed by atoms with Crippen LogP contribution in [0.4, 0.5) is 0 Å². The molecule has 2 aromatic rings. The van der Waals surface area contributed by atoms with Crippen LogP contribution in [0, 0.1) is 13.8 Å². The molecule has 6 heteroatoms. The third-order valence-corrected chi connectivity index (χ3v) is 4.25. The first-order valence-electron chi connectivity index (χ1n) is 9.34. The van der Waals surface area contributed by atoms with E-state index >= 15 is 0 Å². The Labute approximate surface area is 179 Å². The van der Waals surface area contributed by atoms with E-state index in [1.54, 1.807) is 6.07 Å². The van der Waals surface area contributed by atoms with Crippen LogP contribution in [0.5, 0.6) is 0 Å². The summed E-state index contributed by atoms with van der Waals surface area (Å²) in [5.41, 5.74) is 3.55. The van der Waals surface area contributed by atoms with Gasteiger partial charge >= 0.3 is 0 Å². The molecule has 148 valence electrons. The summed E-state index contributed by atoms with van der Waals surface area (Å²) in [7, 11) is 0. The number of nitrogens with one attached hydrogen (secondary N) is 2. The minimum atomic E-state index is 0. The van der Waals surface area contributed by atoms with Gasteiger partial charge in [0.05, 0.1) is 6.54 Å². The Kier molecular flexibility index (Phi) is 10.8. The molecule has 0 atom stereocenters. The number of nitrogens with zero attached hydrogens (tertiary/aromatic N) is 2. The van der Waals surface area contributed by atoms with Gasteiger partial charge in [-0.2, -0.15) is 0 Å². The van der Waals surface area contributed by atoms with Crippen LogP contribution in [-0.2, 0) is 13.1 Å². The lowest BCUT2D eigenvalue weighted by Crippen LogP contribution is -2.37. The average molecular weight is 482 g/mol. The Morgan fingerprint density at radius 3 is 2.44 bits per heavy atom. The molecule has 0 spiro atoms. The van der Waals surface area contributed by atoms with E-state index in [1.807, 2.05) is 23.6 Å². The molecular weight excluding hydrogens is 451 g/mol. The van der Waals surface area contributed by atoms with Gasteiger partial charge in [-0.3, -0.25) is 4.79 Å². The molecule has 0 aliphatic rings. The van der Waals surface area contributed by atoms with E-state index in [2.05, 4.69) is 53.7 Å². The molecular formula is C21H31IN4O. The van der Waals surface area contributed by atoms with Crippen LogP contribution >= 0.6 is 24.0 Å². The van der Waals surface area contributed by atoms with E-state index in [4.69, 9.17) is 0 Å². The molecule has 0 aliphatic carbocycles. The highest BCUT2D eigenvalue weighted by Gasteiger charge is 2.00. The SMILES string of the molecule is CCNC(=NCc1ccc(C)cc1)NCCCCn1c(C)cccc1=O.I. The van der Waals surface area contributed by atoms with E-state index in [-0.39, 0.29) is 29.5 Å². The van der Waals surface area contributed by atoms with Gasteiger partial charge in [-0.15, -0.1) is 24.0 Å². The number of hydrogen-bond acceptors (Lipinski definition) is 2. The fourth-order valence-electron chi connectivity index (χ4n) is 2.72. The first-order valence-corrected chi connectivity index (χ1v) is 9.34. The van der Waals surface area contributed by atoms with Crippen molar-refractivity contribution in [2.75, 3.05) is 13.1 Å². The Balaban J connectivity index is 0.00000364. The molecule has 0 bridgehead atoms. The fraction of sp³-hybridized carbons (Fsp3) is 0.429. The van der Waals surface area contributed by atoms with Gasteiger partial charge in [0.25, 0.3) is 5.56 Å². The molecule has 1 aromatic carbocycles. The van der Waals surface area contributed by atoms with Crippen LogP contribution in [0.3, 0.4) is 0 Å². The molecule has 27 heavy (non-hydrogen) atoms. The van der Waals surface area contributed by atoms with Crippen LogP contribution in [0.25, 0.3) is 0 Å². The van der Waals surface area contributed by atoms with Gasteiger partial charge < -0.3 is 15.2 Å². The second-order valence-corrected chi connectivity index (χ2v) is 6.47. The van der Waals surface area contributed by atoms with Gasteiger partial charge in [0, 0.05) is 31.4 Å². The van der Waals surface area contributed by atoms with Crippen molar-refractivity contribution in [3.63, 3.8) is 0 Å². The number of unbranched alkanes of at least 4 members (excludes halogenated alkanes) is 1. The zero-order valence-corrected chi connectivity index (χ0v) is 18.8. The zero-order valence-electron chi connectivity index (χ0n) is 16.5. The Morgan fingerprint density at radius 2 is 1.78 bits per heavy atom. The third-order valence-electron chi connectivity index (χ3n) is 4.25. The van der Waals surface area contributed by atoms with Crippen molar-refractivity contribution in [3.8, 4) is 0 Å². The Morgan fingerprint density at radius 1 is 1.04 bits per heavy atom. The molecule has 0 radical (unpaired) electrons. The molecule has 2 N–H and O–H groups in total. The number of halogens is 1. The van der Waals surface area contributed by atoms with E-state index in [9.17, 15) is 4.79 Å². The predicted octanol–water partition coefficient (Wildman–Crippen LogP) is 3.62. The van der Waals surface area contributed by atoms with Crippen LogP contribution in [-0.4, -0.2) is 23.6 Å². The van der Waals surface area contributed by atoms with Crippen LogP contribution in [0.1, 0.15) is 36.6 Å². The largest absolute Gasteiger partial charge is 0.357 e. The summed E-state index contributed by atoms with van der Waals surface area (Å²) in [5.74, 6) is 0.834. The summed E-state index contributed by atoms with van der Waals surface area (Å²) < 4.78 is 1.83. The van der Waals surface area contributed by atoms with Crippen molar-refractivity contribution in [2.24, 2.45) is 4.99 Å². The molecule has 5 nitrogen and oxygen atoms in total. The van der Waals surface area contributed by atoms with Gasteiger partial charge in [-0.25, -0.2) is 4.99 Å². The summed E-state index contributed by atoms with van der Waals surface area (Å²) in [6.45, 7) is 9.20. The minimum Gasteiger partial charge on any atom is -0.357 e. The third kappa shape index (κ3) is 8.15. The van der Waals surface area contributed by atoms with Crippen molar-refractivity contribution in [1.82, 2.24) is 15.2 Å². The average Bonchev–Trinajstić information content (AvgIpc) is 2.62. The topological polar surface area (TPSA) is 58.4 Å². The molecule has 1 heterocycles. The van der Waals surface area contributed by atoms with E-state index in [1.165, 1.54) is 11.1 Å². The van der Waals surface area contributed by atoms with Crippen molar-refractivity contribution in [3.05, 3.63) is 69.6 Å². The first-order chi connectivity index (χ1) is 12.6. The first kappa shape index (κ1) is 23.2. The van der Waals surface area contributed by atoms with Crippen molar-refractivity contribution in [1.29, 1.82) is 0 Å². The second-order valence-electron chi connectivity index (χ2n) is 6.47. The number of guanidine groups is 1. The van der Waals surface area contributed by atoms with Crippen LogP contribution in [0.15, 0.2) is 52.3 Å². The maximum atomic E-state index is 11.9. The zero-order chi connectivity index (χ0) is 18.8. The molecule has 0 amide bonds. The van der Waals surface area contributed by atoms with Crippen LogP contribution < -0.4 is 16.2 Å². The van der Waals surface area contributed by atoms with E-state index in [0.717, 1.165) is 44.1 Å². The standard InChI is InChI=1S/C21H30N4O.HI/c1-4-22-21(24-16-19-12-10-17(2)11-13-19)23-14-5-6-15-25-18(3)8-7-9-20(25)26;/h7-13H,4-6,14-16H2,1-3H3,(H2,22,23,24);1H. The van der Waals surface area contributed by atoms with E-state index in [0.29, 0.717) is 6.54 Å². The van der Waals surface area contributed by atoms with Crippen molar-refractivity contribution < 1.29 is 0 Å². The lowest BCUT2D eigenvalue weighted by atomic mass is 10.1. The number of aromatic nitrogens is 1. The molecule has 0 saturated heterocycles. The van der Waals surface area contributed by atoms with Gasteiger partial charge in [-0.05, 0) is 45.2 Å². The highest BCUT2D eigenvalue weighted by molar-refractivity contribution is 14.0. The maximum absolute atomic E-state index is 11.9. The fourth-order valence-corrected chi connectivity index (χ4v) is 2.72. The summed E-state index contributed by atoms with van der Waals surface area (Å²) in [6.07, 6.45) is 1.94. The Bertz CT molecular complexity index is 768. The molecule has 0 fully saturated rings. The highest BCUT2D eigenvalue weighted by atomic mass is 127. The quantitative estimate of drug-likeness (QED) is 0.262. The van der Waals surface area contributed by atoms with Gasteiger partial charge in [0.1, 0.15) is 0 Å². The lowest BCUT2D eigenvalue weighted by molar-refractivity contribution is 0.575. The van der Waals surface area contributed by atoms with Crippen LogP contribution in [0.2, 0.25) is 0 Å². The number of aryl methyl sites for hydroxylation is 2. The summed E-state index contributed by atoms with van der Waals surface area (Å²) in [5, 5.41) is 6.64. The summed E-state index contributed by atoms with van der Waals surface area (Å²) in [4.78, 5) is 16.5. The monoisotopic (exact) mass is 482 g/mol.